The molecule has 2 heterocycles. The minimum atomic E-state index is -0.852. The Bertz CT molecular complexity index is 791. The van der Waals surface area contributed by atoms with E-state index in [0.29, 0.717) is 28.0 Å². The second-order valence-electron chi connectivity index (χ2n) is 4.14. The zero-order valence-corrected chi connectivity index (χ0v) is 12.1. The van der Waals surface area contributed by atoms with Crippen molar-refractivity contribution in [2.24, 2.45) is 12.9 Å². The van der Waals surface area contributed by atoms with Gasteiger partial charge in [0.05, 0.1) is 11.3 Å². The Kier molecular flexibility index (Phi) is 4.29. The molecule has 2 rings (SSSR count). The zero-order valence-electron chi connectivity index (χ0n) is 11.3. The molecular formula is C11H13N5O4S. The fraction of sp³-hybridized carbons (Fsp3) is 0.273. The predicted octanol–water partition coefficient (Wildman–Crippen LogP) is -0.734. The van der Waals surface area contributed by atoms with Crippen LogP contribution in [0.1, 0.15) is 21.9 Å². The van der Waals surface area contributed by atoms with Crippen molar-refractivity contribution >= 4 is 17.7 Å². The van der Waals surface area contributed by atoms with Crippen molar-refractivity contribution in [3.05, 3.63) is 43.9 Å². The Labute approximate surface area is 122 Å². The van der Waals surface area contributed by atoms with Gasteiger partial charge in [0.1, 0.15) is 11.5 Å². The number of aromatic amines is 1. The van der Waals surface area contributed by atoms with E-state index in [1.54, 1.807) is 20.0 Å². The first-order valence-electron chi connectivity index (χ1n) is 5.82. The number of hydrogen-bond donors (Lipinski definition) is 3. The van der Waals surface area contributed by atoms with Crippen LogP contribution in [0.5, 0.6) is 0 Å². The fourth-order valence-electron chi connectivity index (χ4n) is 1.64. The lowest BCUT2D eigenvalue weighted by atomic mass is 10.2. The molecule has 0 unspecified atom stereocenters. The van der Waals surface area contributed by atoms with Crippen LogP contribution in [0, 0.1) is 6.92 Å². The molecule has 9 nitrogen and oxygen atoms in total. The lowest BCUT2D eigenvalue weighted by Gasteiger charge is -2.04. The number of rotatable bonds is 4. The van der Waals surface area contributed by atoms with Crippen LogP contribution in [0.15, 0.2) is 25.2 Å². The maximum absolute atomic E-state index is 11.5. The highest BCUT2D eigenvalue weighted by Gasteiger charge is 2.14. The predicted molar refractivity (Wildman–Crippen MR) is 74.8 cm³/mol. The van der Waals surface area contributed by atoms with Gasteiger partial charge in [0, 0.05) is 7.05 Å². The van der Waals surface area contributed by atoms with Crippen molar-refractivity contribution in [2.45, 2.75) is 17.8 Å². The Hall–Kier alpha value is -2.33. The molecular weight excluding hydrogens is 298 g/mol. The minimum absolute atomic E-state index is 0.332. The van der Waals surface area contributed by atoms with E-state index in [1.165, 1.54) is 16.4 Å². The van der Waals surface area contributed by atoms with E-state index in [2.05, 4.69) is 10.1 Å². The van der Waals surface area contributed by atoms with Gasteiger partial charge >= 0.3 is 11.1 Å². The van der Waals surface area contributed by atoms with Gasteiger partial charge in [0.25, 0.3) is 5.91 Å². The van der Waals surface area contributed by atoms with Gasteiger partial charge in [-0.3, -0.25) is 29.6 Å². The molecule has 1 amide bonds. The molecule has 0 bridgehead atoms. The van der Waals surface area contributed by atoms with E-state index >= 15 is 0 Å². The number of nitrogen functional groups attached to an aromatic ring is 1. The van der Waals surface area contributed by atoms with Crippen molar-refractivity contribution in [2.75, 3.05) is 0 Å². The number of aryl methyl sites for hydroxylation is 2. The molecule has 4 N–H and O–H groups in total. The number of nitrogens with one attached hydrogen (secondary N) is 2. The van der Waals surface area contributed by atoms with Gasteiger partial charge in [-0.25, -0.2) is 5.84 Å². The van der Waals surface area contributed by atoms with Gasteiger partial charge in [-0.15, -0.1) is 0 Å². The molecule has 2 aromatic heterocycles. The van der Waals surface area contributed by atoms with E-state index in [-0.39, 0.29) is 0 Å². The van der Waals surface area contributed by atoms with Crippen molar-refractivity contribution in [3.63, 3.8) is 0 Å². The van der Waals surface area contributed by atoms with Crippen molar-refractivity contribution in [3.8, 4) is 0 Å². The number of nitrogens with two attached hydrogens (primary N) is 1. The van der Waals surface area contributed by atoms with E-state index in [0.717, 1.165) is 0 Å². The molecule has 0 fully saturated rings. The Morgan fingerprint density at radius 1 is 1.57 bits per heavy atom. The third-order valence-corrected chi connectivity index (χ3v) is 3.69. The number of H-pyrrole nitrogens is 1. The molecule has 0 saturated heterocycles. The first-order chi connectivity index (χ1) is 9.92. The van der Waals surface area contributed by atoms with Crippen LogP contribution >= 0.6 is 11.8 Å². The molecule has 10 heteroatoms. The zero-order chi connectivity index (χ0) is 15.6. The van der Waals surface area contributed by atoms with E-state index in [4.69, 9.17) is 10.3 Å². The molecule has 112 valence electrons. The average molecular weight is 311 g/mol. The quantitative estimate of drug-likeness (QED) is 0.222. The number of amides is 1. The maximum atomic E-state index is 11.5. The first-order valence-corrected chi connectivity index (χ1v) is 6.81. The average Bonchev–Trinajstić information content (AvgIpc) is 2.81. The smallest absolute Gasteiger partial charge is 0.339 e. The largest absolute Gasteiger partial charge is 0.465 e. The van der Waals surface area contributed by atoms with E-state index < -0.39 is 17.0 Å². The van der Waals surface area contributed by atoms with Gasteiger partial charge in [0.15, 0.2) is 5.16 Å². The lowest BCUT2D eigenvalue weighted by Crippen LogP contribution is -2.33. The second kappa shape index (κ2) is 5.97. The Morgan fingerprint density at radius 3 is 2.95 bits per heavy atom. The summed E-state index contributed by atoms with van der Waals surface area (Å²) in [6, 6.07) is 1.56. The van der Waals surface area contributed by atoms with Crippen LogP contribution in [0.25, 0.3) is 0 Å². The number of furan rings is 1. The maximum Gasteiger partial charge on any atom is 0.339 e. The van der Waals surface area contributed by atoms with Crippen LogP contribution in [-0.4, -0.2) is 20.7 Å². The molecule has 0 saturated carbocycles. The van der Waals surface area contributed by atoms with Crippen LogP contribution in [0.3, 0.4) is 0 Å². The summed E-state index contributed by atoms with van der Waals surface area (Å²) in [5, 5.41) is 2.67. The summed E-state index contributed by atoms with van der Waals surface area (Å²) in [6.45, 7) is 1.65. The monoisotopic (exact) mass is 311 g/mol. The summed E-state index contributed by atoms with van der Waals surface area (Å²) < 4.78 is 6.77. The fourth-order valence-corrected chi connectivity index (χ4v) is 2.44. The summed E-state index contributed by atoms with van der Waals surface area (Å²) in [6.07, 6.45) is 0. The molecule has 0 radical (unpaired) electrons. The minimum Gasteiger partial charge on any atom is -0.465 e. The number of aromatic nitrogens is 3. The Balaban J connectivity index is 2.17. The summed E-state index contributed by atoms with van der Waals surface area (Å²) >= 11 is 1.19. The van der Waals surface area contributed by atoms with Gasteiger partial charge in [-0.1, -0.05) is 11.8 Å². The number of thioether (sulfide) groups is 1. The molecule has 0 aromatic carbocycles. The second-order valence-corrected chi connectivity index (χ2v) is 5.09. The van der Waals surface area contributed by atoms with Crippen molar-refractivity contribution in [1.82, 2.24) is 20.2 Å². The van der Waals surface area contributed by atoms with Crippen molar-refractivity contribution in [1.29, 1.82) is 0 Å². The molecule has 0 aliphatic carbocycles. The molecule has 0 aliphatic rings. The van der Waals surface area contributed by atoms with Gasteiger partial charge in [0.2, 0.25) is 0 Å². The van der Waals surface area contributed by atoms with Crippen molar-refractivity contribution < 1.29 is 9.21 Å². The molecule has 0 spiro atoms. The van der Waals surface area contributed by atoms with Crippen LogP contribution in [-0.2, 0) is 12.8 Å². The van der Waals surface area contributed by atoms with Crippen LogP contribution in [0.4, 0.5) is 0 Å². The summed E-state index contributed by atoms with van der Waals surface area (Å²) in [5.41, 5.74) is 0.740. The number of hydrazine groups is 1. The summed E-state index contributed by atoms with van der Waals surface area (Å²) in [5.74, 6) is 5.93. The van der Waals surface area contributed by atoms with Crippen LogP contribution in [0.2, 0.25) is 0 Å². The normalized spacial score (nSPS) is 10.6. The third kappa shape index (κ3) is 3.23. The standard InChI is InChI=1S/C11H13N5O4S/c1-5-7(8(17)14-12)3-6(20-5)4-21-11-13-9(18)10(19)15-16(11)2/h3H,4,12H2,1-2H3,(H,14,17)(H,15,19). The summed E-state index contributed by atoms with van der Waals surface area (Å²) in [7, 11) is 1.57. The SMILES string of the molecule is Cc1oc(CSc2nc(=O)c(=O)[nH]n2C)cc1C(=O)NN. The number of carbonyl (C=O) groups excluding carboxylic acids is 1. The highest BCUT2D eigenvalue weighted by Crippen LogP contribution is 2.22. The topological polar surface area (TPSA) is 136 Å². The third-order valence-electron chi connectivity index (χ3n) is 2.64. The Morgan fingerprint density at radius 2 is 2.29 bits per heavy atom. The van der Waals surface area contributed by atoms with Gasteiger partial charge in [-0.2, -0.15) is 4.98 Å². The van der Waals surface area contributed by atoms with Crippen LogP contribution < -0.4 is 22.4 Å². The molecule has 0 aliphatic heterocycles. The highest BCUT2D eigenvalue weighted by atomic mass is 32.2. The molecule has 0 atom stereocenters. The van der Waals surface area contributed by atoms with E-state index in [9.17, 15) is 14.4 Å². The molecule has 2 aromatic rings. The summed E-state index contributed by atoms with van der Waals surface area (Å²) in [4.78, 5) is 37.4. The first kappa shape index (κ1) is 15.1. The number of carbonyl (C=O) groups is 1. The highest BCUT2D eigenvalue weighted by molar-refractivity contribution is 7.98. The van der Waals surface area contributed by atoms with Gasteiger partial charge in [-0.05, 0) is 13.0 Å². The number of hydrogen-bond acceptors (Lipinski definition) is 7. The lowest BCUT2D eigenvalue weighted by molar-refractivity contribution is 0.0952. The van der Waals surface area contributed by atoms with Gasteiger partial charge < -0.3 is 4.42 Å². The molecule has 21 heavy (non-hydrogen) atoms. The van der Waals surface area contributed by atoms with E-state index in [1.807, 2.05) is 5.43 Å². The number of nitrogens with zero attached hydrogens (tertiary/aromatic N) is 2.